The third-order valence-corrected chi connectivity index (χ3v) is 2.86. The minimum atomic E-state index is -0.243. The van der Waals surface area contributed by atoms with E-state index in [9.17, 15) is 9.59 Å². The van der Waals surface area contributed by atoms with Gasteiger partial charge < -0.3 is 4.90 Å². The lowest BCUT2D eigenvalue weighted by molar-refractivity contribution is -0.125. The largest absolute Gasteiger partial charge is 0.327 e. The molecular weight excluding hydrogens is 242 g/mol. The van der Waals surface area contributed by atoms with Crippen LogP contribution < -0.4 is 0 Å². The van der Waals surface area contributed by atoms with E-state index in [1.807, 2.05) is 6.07 Å². The lowest BCUT2D eigenvalue weighted by Gasteiger charge is -2.16. The van der Waals surface area contributed by atoms with Crippen LogP contribution in [0.2, 0.25) is 5.15 Å². The van der Waals surface area contributed by atoms with Gasteiger partial charge in [0.15, 0.2) is 0 Å². The van der Waals surface area contributed by atoms with Gasteiger partial charge in [-0.2, -0.15) is 0 Å². The fraction of sp³-hybridized carbons (Fsp3) is 0.364. The molecule has 2 rings (SSSR count). The third-order valence-electron chi connectivity index (χ3n) is 2.64. The number of carbonyl (C=O) groups excluding carboxylic acids is 2. The number of rotatable bonds is 2. The van der Waals surface area contributed by atoms with Crippen molar-refractivity contribution < 1.29 is 9.59 Å². The van der Waals surface area contributed by atoms with E-state index in [0.717, 1.165) is 5.56 Å². The van der Waals surface area contributed by atoms with E-state index < -0.39 is 0 Å². The van der Waals surface area contributed by atoms with Gasteiger partial charge in [0.25, 0.3) is 0 Å². The van der Waals surface area contributed by atoms with E-state index in [1.165, 1.54) is 11.8 Å². The van der Waals surface area contributed by atoms with Gasteiger partial charge >= 0.3 is 6.03 Å². The van der Waals surface area contributed by atoms with Gasteiger partial charge in [-0.3, -0.25) is 9.69 Å². The molecular formula is C11H12ClN3O2. The quantitative estimate of drug-likeness (QED) is 0.751. The number of aromatic nitrogens is 1. The van der Waals surface area contributed by atoms with Crippen molar-refractivity contribution in [2.24, 2.45) is 0 Å². The van der Waals surface area contributed by atoms with Crippen LogP contribution >= 0.6 is 11.6 Å². The van der Waals surface area contributed by atoms with E-state index in [-0.39, 0.29) is 11.9 Å². The average Bonchev–Trinajstić information content (AvgIpc) is 2.64. The number of amides is 3. The molecule has 1 saturated heterocycles. The van der Waals surface area contributed by atoms with Crippen LogP contribution in [-0.4, -0.2) is 39.8 Å². The number of hydrogen-bond acceptors (Lipinski definition) is 3. The Kier molecular flexibility index (Phi) is 3.28. The first-order valence-corrected chi connectivity index (χ1v) is 5.63. The Hall–Kier alpha value is -1.62. The van der Waals surface area contributed by atoms with Crippen LogP contribution in [0.15, 0.2) is 18.3 Å². The Morgan fingerprint density at radius 3 is 2.76 bits per heavy atom. The van der Waals surface area contributed by atoms with Gasteiger partial charge in [0.1, 0.15) is 5.15 Å². The van der Waals surface area contributed by atoms with Gasteiger partial charge in [0.05, 0.1) is 0 Å². The monoisotopic (exact) mass is 253 g/mol. The molecule has 0 saturated carbocycles. The highest BCUT2D eigenvalue weighted by Gasteiger charge is 2.30. The Morgan fingerprint density at radius 2 is 2.24 bits per heavy atom. The van der Waals surface area contributed by atoms with Gasteiger partial charge in [-0.05, 0) is 11.6 Å². The van der Waals surface area contributed by atoms with Crippen molar-refractivity contribution in [3.63, 3.8) is 0 Å². The summed E-state index contributed by atoms with van der Waals surface area (Å²) in [5.41, 5.74) is 0.896. The molecule has 6 heteroatoms. The molecule has 1 aromatic heterocycles. The summed E-state index contributed by atoms with van der Waals surface area (Å²) in [6.45, 7) is 2.86. The van der Waals surface area contributed by atoms with Crippen molar-refractivity contribution in [3.05, 3.63) is 29.0 Å². The van der Waals surface area contributed by atoms with Gasteiger partial charge in [-0.25, -0.2) is 9.78 Å². The molecule has 0 spiro atoms. The molecule has 17 heavy (non-hydrogen) atoms. The summed E-state index contributed by atoms with van der Waals surface area (Å²) in [5, 5.41) is 0.423. The number of hydrogen-bond donors (Lipinski definition) is 0. The summed E-state index contributed by atoms with van der Waals surface area (Å²) in [5.74, 6) is -0.216. The number of nitrogens with zero attached hydrogens (tertiary/aromatic N) is 3. The predicted octanol–water partition coefficient (Wildman–Crippen LogP) is 1.52. The lowest BCUT2D eigenvalue weighted by Crippen LogP contribution is -2.34. The zero-order valence-corrected chi connectivity index (χ0v) is 10.1. The summed E-state index contributed by atoms with van der Waals surface area (Å²) in [7, 11) is 0. The molecule has 0 unspecified atom stereocenters. The second-order valence-corrected chi connectivity index (χ2v) is 4.25. The van der Waals surface area contributed by atoms with Crippen LogP contribution in [0.4, 0.5) is 4.79 Å². The molecule has 1 aromatic rings. The van der Waals surface area contributed by atoms with Crippen LogP contribution in [0.1, 0.15) is 12.5 Å². The molecule has 1 aliphatic rings. The summed E-state index contributed by atoms with van der Waals surface area (Å²) in [4.78, 5) is 29.8. The lowest BCUT2D eigenvalue weighted by atomic mass is 10.3. The van der Waals surface area contributed by atoms with Crippen molar-refractivity contribution >= 4 is 23.5 Å². The van der Waals surface area contributed by atoms with Gasteiger partial charge in [0, 0.05) is 32.8 Å². The minimum absolute atomic E-state index is 0.216. The van der Waals surface area contributed by atoms with E-state index in [0.29, 0.717) is 24.8 Å². The van der Waals surface area contributed by atoms with Gasteiger partial charge in [-0.15, -0.1) is 0 Å². The molecule has 1 fully saturated rings. The van der Waals surface area contributed by atoms with Crippen LogP contribution in [0, 0.1) is 0 Å². The molecule has 90 valence electrons. The molecule has 3 amide bonds. The highest BCUT2D eigenvalue weighted by atomic mass is 35.5. The Labute approximate surface area is 104 Å². The molecule has 2 heterocycles. The predicted molar refractivity (Wildman–Crippen MR) is 62.4 cm³/mol. The first-order chi connectivity index (χ1) is 8.08. The summed E-state index contributed by atoms with van der Waals surface area (Å²) in [6.07, 6.45) is 1.63. The fourth-order valence-electron chi connectivity index (χ4n) is 1.74. The van der Waals surface area contributed by atoms with Crippen molar-refractivity contribution in [3.8, 4) is 0 Å². The normalized spacial score (nSPS) is 15.5. The Bertz CT molecular complexity index is 447. The highest BCUT2D eigenvalue weighted by molar-refractivity contribution is 6.29. The first-order valence-electron chi connectivity index (χ1n) is 5.25. The van der Waals surface area contributed by atoms with Crippen molar-refractivity contribution in [1.82, 2.24) is 14.8 Å². The maximum atomic E-state index is 11.8. The van der Waals surface area contributed by atoms with Crippen LogP contribution in [0.25, 0.3) is 0 Å². The van der Waals surface area contributed by atoms with Crippen LogP contribution in [0.3, 0.4) is 0 Å². The standard InChI is InChI=1S/C11H12ClN3O2/c1-8(16)15-5-4-14(11(15)17)7-9-2-3-10(12)13-6-9/h2-3,6H,4-5,7H2,1H3. The number of carbonyl (C=O) groups is 2. The van der Waals surface area contributed by atoms with Crippen LogP contribution in [0.5, 0.6) is 0 Å². The summed E-state index contributed by atoms with van der Waals surface area (Å²) >= 11 is 5.68. The smallest absolute Gasteiger partial charge is 0.318 e. The second-order valence-electron chi connectivity index (χ2n) is 3.86. The Morgan fingerprint density at radius 1 is 1.47 bits per heavy atom. The molecule has 0 radical (unpaired) electrons. The number of urea groups is 1. The minimum Gasteiger partial charge on any atom is -0.318 e. The maximum absolute atomic E-state index is 11.8. The molecule has 1 aliphatic heterocycles. The molecule has 0 atom stereocenters. The SMILES string of the molecule is CC(=O)N1CCN(Cc2ccc(Cl)nc2)C1=O. The van der Waals surface area contributed by atoms with Gasteiger partial charge in [-0.1, -0.05) is 17.7 Å². The molecule has 5 nitrogen and oxygen atoms in total. The fourth-order valence-corrected chi connectivity index (χ4v) is 1.85. The maximum Gasteiger partial charge on any atom is 0.327 e. The van der Waals surface area contributed by atoms with Crippen molar-refractivity contribution in [2.75, 3.05) is 13.1 Å². The molecule has 0 aromatic carbocycles. The van der Waals surface area contributed by atoms with Crippen LogP contribution in [-0.2, 0) is 11.3 Å². The van der Waals surface area contributed by atoms with Crippen molar-refractivity contribution in [1.29, 1.82) is 0 Å². The van der Waals surface area contributed by atoms with E-state index in [1.54, 1.807) is 17.2 Å². The molecule has 0 bridgehead atoms. The van der Waals surface area contributed by atoms with Crippen molar-refractivity contribution in [2.45, 2.75) is 13.5 Å². The topological polar surface area (TPSA) is 53.5 Å². The zero-order valence-electron chi connectivity index (χ0n) is 9.39. The zero-order chi connectivity index (χ0) is 12.4. The average molecular weight is 254 g/mol. The number of halogens is 1. The second kappa shape index (κ2) is 4.71. The number of imide groups is 1. The molecule has 0 aliphatic carbocycles. The van der Waals surface area contributed by atoms with Gasteiger partial charge in [0.2, 0.25) is 5.91 Å². The first kappa shape index (κ1) is 11.9. The summed E-state index contributed by atoms with van der Waals surface area (Å²) in [6, 6.07) is 3.26. The number of pyridine rings is 1. The third kappa shape index (κ3) is 2.55. The molecule has 0 N–H and O–H groups in total. The highest BCUT2D eigenvalue weighted by Crippen LogP contribution is 2.14. The summed E-state index contributed by atoms with van der Waals surface area (Å²) < 4.78 is 0. The van der Waals surface area contributed by atoms with E-state index in [2.05, 4.69) is 4.98 Å². The van der Waals surface area contributed by atoms with E-state index >= 15 is 0 Å². The van der Waals surface area contributed by atoms with E-state index in [4.69, 9.17) is 11.6 Å². The Balaban J connectivity index is 2.03.